The van der Waals surface area contributed by atoms with Crippen LogP contribution in [-0.4, -0.2) is 43.6 Å². The van der Waals surface area contributed by atoms with Crippen molar-refractivity contribution in [2.75, 3.05) is 9.62 Å². The van der Waals surface area contributed by atoms with Gasteiger partial charge in [-0.3, -0.25) is 14.4 Å². The first-order valence-corrected chi connectivity index (χ1v) is 10.1. The molecule has 1 aliphatic rings. The van der Waals surface area contributed by atoms with Gasteiger partial charge in [0.05, 0.1) is 16.6 Å². The van der Waals surface area contributed by atoms with Crippen molar-refractivity contribution in [2.45, 2.75) is 37.1 Å². The van der Waals surface area contributed by atoms with Gasteiger partial charge in [0.1, 0.15) is 0 Å². The van der Waals surface area contributed by atoms with Crippen LogP contribution in [-0.2, 0) is 14.8 Å². The summed E-state index contributed by atoms with van der Waals surface area (Å²) in [5.74, 6) is -0.686. The van der Waals surface area contributed by atoms with Crippen LogP contribution in [0.25, 0.3) is 0 Å². The van der Waals surface area contributed by atoms with E-state index in [9.17, 15) is 31.2 Å². The van der Waals surface area contributed by atoms with Gasteiger partial charge in [-0.1, -0.05) is 12.1 Å². The van der Waals surface area contributed by atoms with E-state index in [0.717, 1.165) is 13.0 Å². The Hall–Kier alpha value is -3.15. The summed E-state index contributed by atoms with van der Waals surface area (Å²) in [7, 11) is -4.24. The Morgan fingerprint density at radius 3 is 2.53 bits per heavy atom. The van der Waals surface area contributed by atoms with Gasteiger partial charge in [0.2, 0.25) is 6.10 Å². The predicted octanol–water partition coefficient (Wildman–Crippen LogP) is 3.36. The fourth-order valence-electron chi connectivity index (χ4n) is 2.94. The van der Waals surface area contributed by atoms with Crippen molar-refractivity contribution in [3.63, 3.8) is 0 Å². The zero-order valence-corrected chi connectivity index (χ0v) is 16.5. The molecule has 2 aromatic rings. The summed E-state index contributed by atoms with van der Waals surface area (Å²) >= 11 is 0. The van der Waals surface area contributed by atoms with Crippen LogP contribution in [0.1, 0.15) is 24.2 Å². The highest BCUT2D eigenvalue weighted by atomic mass is 32.2. The number of hydrogen-bond acceptors (Lipinski definition) is 6. The number of aromatic nitrogens is 1. The third kappa shape index (κ3) is 4.08. The molecule has 1 aliphatic heterocycles. The molecule has 1 fully saturated rings. The topological polar surface area (TPSA) is 106 Å². The number of ether oxygens (including phenoxy) is 1. The van der Waals surface area contributed by atoms with E-state index in [4.69, 9.17) is 0 Å². The standard InChI is InChI=1S/C18H16F3N3O5S/c1-10-15(18(19,20)21)29-17(26)24(10)16-14(7-4-8-22-16)23-30(27,28)13-6-3-5-12(9-13)11(2)25/h3-10,15,23H,1-2H3/t10-,15+/m1/s1. The van der Waals surface area contributed by atoms with Crippen LogP contribution in [0.4, 0.5) is 29.5 Å². The van der Waals surface area contributed by atoms with Crippen LogP contribution in [0, 0.1) is 0 Å². The maximum Gasteiger partial charge on any atom is 0.427 e. The third-order valence-corrected chi connectivity index (χ3v) is 5.77. The summed E-state index contributed by atoms with van der Waals surface area (Å²) in [5, 5.41) is 0. The molecule has 3 rings (SSSR count). The second-order valence-electron chi connectivity index (χ2n) is 6.52. The molecule has 1 N–H and O–H groups in total. The number of halogens is 3. The Morgan fingerprint density at radius 1 is 1.23 bits per heavy atom. The molecule has 8 nitrogen and oxygen atoms in total. The molecule has 2 atom stereocenters. The van der Waals surface area contributed by atoms with Crippen LogP contribution in [0.5, 0.6) is 0 Å². The largest absolute Gasteiger partial charge is 0.434 e. The summed E-state index contributed by atoms with van der Waals surface area (Å²) in [4.78, 5) is 27.9. The Bertz CT molecular complexity index is 1100. The predicted molar refractivity (Wildman–Crippen MR) is 99.8 cm³/mol. The number of carbonyl (C=O) groups excluding carboxylic acids is 2. The number of anilines is 2. The highest BCUT2D eigenvalue weighted by molar-refractivity contribution is 7.92. The smallest absolute Gasteiger partial charge is 0.427 e. The summed E-state index contributed by atoms with van der Waals surface area (Å²) in [6.07, 6.45) is -7.29. The van der Waals surface area contributed by atoms with Crippen molar-refractivity contribution in [1.82, 2.24) is 4.98 Å². The summed E-state index contributed by atoms with van der Waals surface area (Å²) in [5.41, 5.74) is -0.0635. The number of benzene rings is 1. The maximum atomic E-state index is 13.1. The van der Waals surface area contributed by atoms with E-state index in [-0.39, 0.29) is 27.7 Å². The van der Waals surface area contributed by atoms with Gasteiger partial charge in [-0.2, -0.15) is 13.2 Å². The van der Waals surface area contributed by atoms with E-state index in [1.165, 1.54) is 43.5 Å². The first kappa shape index (κ1) is 21.6. The first-order chi connectivity index (χ1) is 13.9. The molecular formula is C18H16F3N3O5S. The van der Waals surface area contributed by atoms with Crippen molar-refractivity contribution >= 4 is 33.4 Å². The number of nitrogens with zero attached hydrogens (tertiary/aromatic N) is 2. The number of amides is 1. The number of alkyl halides is 3. The van der Waals surface area contributed by atoms with E-state index >= 15 is 0 Å². The molecule has 1 amide bonds. The fourth-order valence-corrected chi connectivity index (χ4v) is 4.05. The molecule has 30 heavy (non-hydrogen) atoms. The lowest BCUT2D eigenvalue weighted by Gasteiger charge is -2.23. The SMILES string of the molecule is CC(=O)c1cccc(S(=O)(=O)Nc2cccnc2N2C(=O)O[C@H](C(F)(F)F)[C@H]2C)c1. The summed E-state index contributed by atoms with van der Waals surface area (Å²) in [6.45, 7) is 2.39. The van der Waals surface area contributed by atoms with E-state index in [0.29, 0.717) is 4.90 Å². The van der Waals surface area contributed by atoms with Crippen LogP contribution in [0.2, 0.25) is 0 Å². The van der Waals surface area contributed by atoms with Crippen LogP contribution < -0.4 is 9.62 Å². The van der Waals surface area contributed by atoms with Gasteiger partial charge in [-0.25, -0.2) is 18.2 Å². The average Bonchev–Trinajstić information content (AvgIpc) is 2.96. The molecule has 12 heteroatoms. The number of cyclic esters (lactones) is 1. The average molecular weight is 443 g/mol. The van der Waals surface area contributed by atoms with Gasteiger partial charge < -0.3 is 4.74 Å². The zero-order chi connectivity index (χ0) is 22.3. The lowest BCUT2D eigenvalue weighted by Crippen LogP contribution is -2.41. The Morgan fingerprint density at radius 2 is 1.93 bits per heavy atom. The van der Waals surface area contributed by atoms with E-state index in [1.807, 2.05) is 0 Å². The van der Waals surface area contributed by atoms with Crippen molar-refractivity contribution in [2.24, 2.45) is 0 Å². The number of Topliss-reactive ketones (excluding diaryl/α,β-unsaturated/α-hetero) is 1. The van der Waals surface area contributed by atoms with Gasteiger partial charge in [0.25, 0.3) is 10.0 Å². The normalized spacial score (nSPS) is 19.5. The number of pyridine rings is 1. The molecule has 1 aromatic heterocycles. The Balaban J connectivity index is 1.98. The number of ketones is 1. The quantitative estimate of drug-likeness (QED) is 0.711. The molecule has 160 valence electrons. The molecule has 1 saturated heterocycles. The number of nitrogens with one attached hydrogen (secondary N) is 1. The Labute approximate surface area is 169 Å². The summed E-state index contributed by atoms with van der Waals surface area (Å²) in [6, 6.07) is 6.34. The molecular weight excluding hydrogens is 427 g/mol. The number of carbonyl (C=O) groups is 2. The highest BCUT2D eigenvalue weighted by Crippen LogP contribution is 2.37. The van der Waals surface area contributed by atoms with Crippen LogP contribution >= 0.6 is 0 Å². The van der Waals surface area contributed by atoms with Crippen molar-refractivity contribution in [3.8, 4) is 0 Å². The number of hydrogen-bond donors (Lipinski definition) is 1. The molecule has 1 aromatic carbocycles. The van der Waals surface area contributed by atoms with Gasteiger partial charge in [0, 0.05) is 11.8 Å². The van der Waals surface area contributed by atoms with Crippen molar-refractivity contribution in [3.05, 3.63) is 48.2 Å². The number of rotatable bonds is 5. The second kappa shape index (κ2) is 7.59. The minimum atomic E-state index is -4.80. The van der Waals surface area contributed by atoms with Crippen molar-refractivity contribution in [1.29, 1.82) is 0 Å². The maximum absolute atomic E-state index is 13.1. The molecule has 0 bridgehead atoms. The minimum Gasteiger partial charge on any atom is -0.434 e. The fraction of sp³-hybridized carbons (Fsp3) is 0.278. The lowest BCUT2D eigenvalue weighted by molar-refractivity contribution is -0.198. The monoisotopic (exact) mass is 443 g/mol. The first-order valence-electron chi connectivity index (χ1n) is 8.57. The highest BCUT2D eigenvalue weighted by Gasteiger charge is 2.55. The van der Waals surface area contributed by atoms with Gasteiger partial charge in [0.15, 0.2) is 11.6 Å². The van der Waals surface area contributed by atoms with E-state index in [1.54, 1.807) is 0 Å². The van der Waals surface area contributed by atoms with Crippen LogP contribution in [0.15, 0.2) is 47.5 Å². The molecule has 2 heterocycles. The van der Waals surface area contributed by atoms with Gasteiger partial charge >= 0.3 is 12.3 Å². The molecule has 0 aliphatic carbocycles. The second-order valence-corrected chi connectivity index (χ2v) is 8.20. The Kier molecular flexibility index (Phi) is 5.46. The molecule has 0 radical (unpaired) electrons. The van der Waals surface area contributed by atoms with Crippen molar-refractivity contribution < 1.29 is 35.9 Å². The van der Waals surface area contributed by atoms with Crippen LogP contribution in [0.3, 0.4) is 0 Å². The zero-order valence-electron chi connectivity index (χ0n) is 15.7. The molecule has 0 saturated carbocycles. The van der Waals surface area contributed by atoms with E-state index < -0.39 is 34.4 Å². The molecule has 0 unspecified atom stereocenters. The van der Waals surface area contributed by atoms with E-state index in [2.05, 4.69) is 14.4 Å². The molecule has 0 spiro atoms. The van der Waals surface area contributed by atoms with Gasteiger partial charge in [-0.05, 0) is 38.1 Å². The third-order valence-electron chi connectivity index (χ3n) is 4.40. The minimum absolute atomic E-state index is 0.161. The van der Waals surface area contributed by atoms with Gasteiger partial charge in [-0.15, -0.1) is 0 Å². The summed E-state index contributed by atoms with van der Waals surface area (Å²) < 4.78 is 71.5. The number of sulfonamides is 1. The lowest BCUT2D eigenvalue weighted by atomic mass is 10.1.